The Morgan fingerprint density at radius 1 is 1.28 bits per heavy atom. The molecule has 0 saturated carbocycles. The number of aromatic nitrogens is 2. The van der Waals surface area contributed by atoms with Gasteiger partial charge in [0, 0.05) is 13.1 Å². The van der Waals surface area contributed by atoms with Gasteiger partial charge in [0.25, 0.3) is 0 Å². The third kappa shape index (κ3) is 3.19. The Morgan fingerprint density at radius 3 is 2.61 bits per heavy atom. The smallest absolute Gasteiger partial charge is 0.147 e. The lowest BCUT2D eigenvalue weighted by Crippen LogP contribution is -2.36. The summed E-state index contributed by atoms with van der Waals surface area (Å²) >= 11 is 0. The summed E-state index contributed by atoms with van der Waals surface area (Å²) in [6.07, 6.45) is 4.45. The number of rotatable bonds is 4. The quantitative estimate of drug-likeness (QED) is 0.884. The molecule has 0 spiro atoms. The highest BCUT2D eigenvalue weighted by Gasteiger charge is 2.17. The standard InChI is InChI=1S/C14H24N4/c1-4-18(10-13-5-7-15-8-6-13)14-9-16-11(2)12(3)17-14/h9,13,15H,4-8,10H2,1-3H3. The zero-order valence-electron chi connectivity index (χ0n) is 11.7. The van der Waals surface area contributed by atoms with E-state index in [9.17, 15) is 0 Å². The zero-order chi connectivity index (χ0) is 13.0. The van der Waals surface area contributed by atoms with Crippen molar-refractivity contribution >= 4 is 5.82 Å². The highest BCUT2D eigenvalue weighted by molar-refractivity contribution is 5.37. The highest BCUT2D eigenvalue weighted by Crippen LogP contribution is 2.18. The zero-order valence-corrected chi connectivity index (χ0v) is 11.7. The van der Waals surface area contributed by atoms with Crippen LogP contribution in [0.2, 0.25) is 0 Å². The summed E-state index contributed by atoms with van der Waals surface area (Å²) in [6.45, 7) is 10.6. The Hall–Kier alpha value is -1.16. The molecule has 0 atom stereocenters. The maximum Gasteiger partial charge on any atom is 0.147 e. The molecule has 1 N–H and O–H groups in total. The van der Waals surface area contributed by atoms with Crippen molar-refractivity contribution in [2.24, 2.45) is 5.92 Å². The van der Waals surface area contributed by atoms with E-state index in [4.69, 9.17) is 0 Å². The Morgan fingerprint density at radius 2 is 2.00 bits per heavy atom. The second-order valence-corrected chi connectivity index (χ2v) is 5.13. The highest BCUT2D eigenvalue weighted by atomic mass is 15.2. The molecule has 0 unspecified atom stereocenters. The summed E-state index contributed by atoms with van der Waals surface area (Å²) in [7, 11) is 0. The van der Waals surface area contributed by atoms with Gasteiger partial charge in [-0.25, -0.2) is 4.98 Å². The van der Waals surface area contributed by atoms with Crippen LogP contribution in [-0.2, 0) is 0 Å². The molecule has 0 aliphatic carbocycles. The number of hydrogen-bond acceptors (Lipinski definition) is 4. The Balaban J connectivity index is 2.04. The van der Waals surface area contributed by atoms with Crippen LogP contribution >= 0.6 is 0 Å². The van der Waals surface area contributed by atoms with Crippen molar-refractivity contribution in [3.05, 3.63) is 17.6 Å². The molecule has 1 saturated heterocycles. The number of anilines is 1. The minimum Gasteiger partial charge on any atom is -0.355 e. The third-order valence-electron chi connectivity index (χ3n) is 3.82. The molecule has 1 aromatic heterocycles. The van der Waals surface area contributed by atoms with Gasteiger partial charge in [0.2, 0.25) is 0 Å². The fourth-order valence-electron chi connectivity index (χ4n) is 2.44. The molecule has 4 nitrogen and oxygen atoms in total. The van der Waals surface area contributed by atoms with Crippen LogP contribution in [0.25, 0.3) is 0 Å². The molecule has 2 heterocycles. The van der Waals surface area contributed by atoms with E-state index in [-0.39, 0.29) is 0 Å². The summed E-state index contributed by atoms with van der Waals surface area (Å²) in [5.41, 5.74) is 2.06. The molecular formula is C14H24N4. The van der Waals surface area contributed by atoms with Crippen LogP contribution in [0.1, 0.15) is 31.2 Å². The van der Waals surface area contributed by atoms with E-state index >= 15 is 0 Å². The Bertz CT molecular complexity index is 385. The summed E-state index contributed by atoms with van der Waals surface area (Å²) < 4.78 is 0. The van der Waals surface area contributed by atoms with Crippen molar-refractivity contribution in [1.29, 1.82) is 0 Å². The van der Waals surface area contributed by atoms with Crippen LogP contribution in [0.5, 0.6) is 0 Å². The lowest BCUT2D eigenvalue weighted by Gasteiger charge is -2.30. The molecule has 1 aliphatic heterocycles. The van der Waals surface area contributed by atoms with Crippen molar-refractivity contribution in [2.75, 3.05) is 31.1 Å². The predicted octanol–water partition coefficient (Wildman–Crippen LogP) is 1.92. The molecule has 4 heteroatoms. The molecule has 0 bridgehead atoms. The predicted molar refractivity (Wildman–Crippen MR) is 75.0 cm³/mol. The molecule has 1 aliphatic rings. The van der Waals surface area contributed by atoms with Gasteiger partial charge in [0.05, 0.1) is 17.6 Å². The maximum absolute atomic E-state index is 4.66. The second-order valence-electron chi connectivity index (χ2n) is 5.13. The lowest BCUT2D eigenvalue weighted by molar-refractivity contribution is 0.374. The average Bonchev–Trinajstić information content (AvgIpc) is 2.40. The molecule has 2 rings (SSSR count). The normalized spacial score (nSPS) is 16.8. The van der Waals surface area contributed by atoms with Gasteiger partial charge < -0.3 is 10.2 Å². The third-order valence-corrected chi connectivity index (χ3v) is 3.82. The van der Waals surface area contributed by atoms with Crippen LogP contribution in [0.3, 0.4) is 0 Å². The fourth-order valence-corrected chi connectivity index (χ4v) is 2.44. The van der Waals surface area contributed by atoms with Gasteiger partial charge in [-0.3, -0.25) is 4.98 Å². The van der Waals surface area contributed by atoms with E-state index in [1.807, 2.05) is 20.0 Å². The summed E-state index contributed by atoms with van der Waals surface area (Å²) in [4.78, 5) is 11.4. The second kappa shape index (κ2) is 6.14. The summed E-state index contributed by atoms with van der Waals surface area (Å²) in [5, 5.41) is 3.42. The first-order valence-corrected chi connectivity index (χ1v) is 6.96. The van der Waals surface area contributed by atoms with Gasteiger partial charge in [0.15, 0.2) is 0 Å². The molecule has 0 aromatic carbocycles. The fraction of sp³-hybridized carbons (Fsp3) is 0.714. The van der Waals surface area contributed by atoms with Gasteiger partial charge in [-0.1, -0.05) is 0 Å². The van der Waals surface area contributed by atoms with Crippen molar-refractivity contribution in [1.82, 2.24) is 15.3 Å². The number of hydrogen-bond donors (Lipinski definition) is 1. The van der Waals surface area contributed by atoms with Gasteiger partial charge in [-0.2, -0.15) is 0 Å². The van der Waals surface area contributed by atoms with E-state index < -0.39 is 0 Å². The average molecular weight is 248 g/mol. The van der Waals surface area contributed by atoms with Gasteiger partial charge in [0.1, 0.15) is 5.82 Å². The van der Waals surface area contributed by atoms with Gasteiger partial charge >= 0.3 is 0 Å². The summed E-state index contributed by atoms with van der Waals surface area (Å²) in [5.74, 6) is 1.81. The molecule has 1 aromatic rings. The number of nitrogens with one attached hydrogen (secondary N) is 1. The van der Waals surface area contributed by atoms with E-state index in [0.717, 1.165) is 49.3 Å². The SMILES string of the molecule is CCN(CC1CCNCC1)c1cnc(C)c(C)n1. The minimum absolute atomic E-state index is 0.787. The largest absolute Gasteiger partial charge is 0.355 e. The minimum atomic E-state index is 0.787. The maximum atomic E-state index is 4.66. The summed E-state index contributed by atoms with van der Waals surface area (Å²) in [6, 6.07) is 0. The van der Waals surface area contributed by atoms with Crippen LogP contribution in [0.4, 0.5) is 5.82 Å². The first kappa shape index (κ1) is 13.3. The van der Waals surface area contributed by atoms with Crippen molar-refractivity contribution < 1.29 is 0 Å². The van der Waals surface area contributed by atoms with Crippen molar-refractivity contribution in [2.45, 2.75) is 33.6 Å². The van der Waals surface area contributed by atoms with Crippen LogP contribution in [-0.4, -0.2) is 36.1 Å². The van der Waals surface area contributed by atoms with Crippen LogP contribution < -0.4 is 10.2 Å². The van der Waals surface area contributed by atoms with Crippen molar-refractivity contribution in [3.63, 3.8) is 0 Å². The molecule has 100 valence electrons. The lowest BCUT2D eigenvalue weighted by atomic mass is 9.97. The Kier molecular flexibility index (Phi) is 4.53. The molecule has 0 amide bonds. The first-order chi connectivity index (χ1) is 8.70. The molecule has 18 heavy (non-hydrogen) atoms. The Labute approximate surface area is 110 Å². The van der Waals surface area contributed by atoms with Crippen molar-refractivity contribution in [3.8, 4) is 0 Å². The van der Waals surface area contributed by atoms with Crippen LogP contribution in [0, 0.1) is 19.8 Å². The molecule has 1 fully saturated rings. The van der Waals surface area contributed by atoms with E-state index in [1.165, 1.54) is 12.8 Å². The number of piperidine rings is 1. The topological polar surface area (TPSA) is 41.0 Å². The number of aryl methyl sites for hydroxylation is 2. The first-order valence-electron chi connectivity index (χ1n) is 6.96. The number of nitrogens with zero attached hydrogens (tertiary/aromatic N) is 3. The van der Waals surface area contributed by atoms with E-state index in [0.29, 0.717) is 0 Å². The van der Waals surface area contributed by atoms with E-state index in [2.05, 4.69) is 27.1 Å². The van der Waals surface area contributed by atoms with Crippen LogP contribution in [0.15, 0.2) is 6.20 Å². The van der Waals surface area contributed by atoms with E-state index in [1.54, 1.807) is 0 Å². The van der Waals surface area contributed by atoms with Gasteiger partial charge in [-0.05, 0) is 52.6 Å². The molecular weight excluding hydrogens is 224 g/mol. The van der Waals surface area contributed by atoms with Gasteiger partial charge in [-0.15, -0.1) is 0 Å². The monoisotopic (exact) mass is 248 g/mol. The molecule has 0 radical (unpaired) electrons.